The summed E-state index contributed by atoms with van der Waals surface area (Å²) in [5.74, 6) is -0.206. The third-order valence-corrected chi connectivity index (χ3v) is 7.46. The standard InChI is InChI=1S/C28H40N4O2/c1-20-13-15-21(16-14-20)18-31-25(33)23-17-24(27(2,3)4)30-32(23)19-28(31,5)26(34)29-22-11-9-7-6-8-10-12-22/h13-17,22H,6-12,18-19H2,1-5H3,(H,29,34)/t28-/m0/s1. The molecular weight excluding hydrogens is 424 g/mol. The number of amides is 2. The number of rotatable bonds is 4. The summed E-state index contributed by atoms with van der Waals surface area (Å²) in [5, 5.41) is 8.10. The molecular formula is C28H40N4O2. The molecule has 0 spiro atoms. The Balaban J connectivity index is 1.67. The van der Waals surface area contributed by atoms with E-state index >= 15 is 0 Å². The highest BCUT2D eigenvalue weighted by Gasteiger charge is 2.48. The van der Waals surface area contributed by atoms with Crippen molar-refractivity contribution in [2.45, 2.75) is 110 Å². The first-order valence-corrected chi connectivity index (χ1v) is 12.8. The van der Waals surface area contributed by atoms with Crippen molar-refractivity contribution in [3.05, 3.63) is 52.8 Å². The highest BCUT2D eigenvalue weighted by Crippen LogP contribution is 2.32. The maximum atomic E-state index is 13.9. The van der Waals surface area contributed by atoms with E-state index in [0.717, 1.165) is 36.9 Å². The van der Waals surface area contributed by atoms with Gasteiger partial charge in [0, 0.05) is 18.0 Å². The van der Waals surface area contributed by atoms with Crippen molar-refractivity contribution in [2.24, 2.45) is 0 Å². The topological polar surface area (TPSA) is 67.2 Å². The largest absolute Gasteiger partial charge is 0.351 e. The number of nitrogens with zero attached hydrogens (tertiary/aromatic N) is 3. The van der Waals surface area contributed by atoms with E-state index in [2.05, 4.69) is 45.1 Å². The Morgan fingerprint density at radius 2 is 1.71 bits per heavy atom. The van der Waals surface area contributed by atoms with Crippen LogP contribution in [0.4, 0.5) is 0 Å². The summed E-state index contributed by atoms with van der Waals surface area (Å²) >= 11 is 0. The summed E-state index contributed by atoms with van der Waals surface area (Å²) in [4.78, 5) is 29.4. The molecule has 1 aromatic carbocycles. The molecule has 0 radical (unpaired) electrons. The van der Waals surface area contributed by atoms with E-state index < -0.39 is 5.54 Å². The van der Waals surface area contributed by atoms with Crippen LogP contribution in [0.5, 0.6) is 0 Å². The predicted octanol–water partition coefficient (Wildman–Crippen LogP) is 5.13. The number of nitrogens with one attached hydrogen (secondary N) is 1. The number of aryl methyl sites for hydroxylation is 1. The molecule has 2 amide bonds. The van der Waals surface area contributed by atoms with Gasteiger partial charge in [0.05, 0.1) is 12.2 Å². The van der Waals surface area contributed by atoms with Crippen LogP contribution in [0.1, 0.15) is 99.9 Å². The fourth-order valence-corrected chi connectivity index (χ4v) is 5.07. The summed E-state index contributed by atoms with van der Waals surface area (Å²) in [6, 6.07) is 10.3. The molecule has 4 rings (SSSR count). The Kier molecular flexibility index (Phi) is 6.88. The highest BCUT2D eigenvalue weighted by molar-refractivity contribution is 5.99. The van der Waals surface area contributed by atoms with Crippen molar-refractivity contribution in [1.82, 2.24) is 20.0 Å². The summed E-state index contributed by atoms with van der Waals surface area (Å²) in [6.45, 7) is 11.0. The Labute approximate surface area is 204 Å². The maximum Gasteiger partial charge on any atom is 0.273 e. The fraction of sp³-hybridized carbons (Fsp3) is 0.607. The summed E-state index contributed by atoms with van der Waals surface area (Å²) < 4.78 is 1.76. The van der Waals surface area contributed by atoms with Crippen LogP contribution < -0.4 is 5.32 Å². The lowest BCUT2D eigenvalue weighted by molar-refractivity contribution is -0.134. The van der Waals surface area contributed by atoms with Gasteiger partial charge in [-0.1, -0.05) is 82.7 Å². The van der Waals surface area contributed by atoms with Gasteiger partial charge in [-0.2, -0.15) is 5.10 Å². The molecule has 2 aromatic rings. The molecule has 2 aliphatic rings. The molecule has 1 N–H and O–H groups in total. The molecule has 0 unspecified atom stereocenters. The second-order valence-corrected chi connectivity index (χ2v) is 11.5. The molecule has 1 aromatic heterocycles. The zero-order valence-electron chi connectivity index (χ0n) is 21.5. The van der Waals surface area contributed by atoms with Gasteiger partial charge in [-0.3, -0.25) is 14.3 Å². The molecule has 6 heteroatoms. The van der Waals surface area contributed by atoms with E-state index in [1.165, 1.54) is 24.8 Å². The zero-order valence-corrected chi connectivity index (χ0v) is 21.5. The molecule has 0 saturated heterocycles. The van der Waals surface area contributed by atoms with Gasteiger partial charge in [0.25, 0.3) is 5.91 Å². The first-order valence-electron chi connectivity index (χ1n) is 12.8. The lowest BCUT2D eigenvalue weighted by Gasteiger charge is -2.44. The van der Waals surface area contributed by atoms with Crippen molar-refractivity contribution in [3.8, 4) is 0 Å². The van der Waals surface area contributed by atoms with Gasteiger partial charge in [0.1, 0.15) is 11.2 Å². The number of aromatic nitrogens is 2. The van der Waals surface area contributed by atoms with Gasteiger partial charge in [0.2, 0.25) is 5.91 Å². The van der Waals surface area contributed by atoms with E-state index in [1.807, 2.05) is 25.1 Å². The molecule has 1 saturated carbocycles. The third kappa shape index (κ3) is 5.06. The van der Waals surface area contributed by atoms with Gasteiger partial charge in [-0.15, -0.1) is 0 Å². The second-order valence-electron chi connectivity index (χ2n) is 11.5. The Hall–Kier alpha value is -2.63. The molecule has 6 nitrogen and oxygen atoms in total. The number of carbonyl (C=O) groups excluding carboxylic acids is 2. The van der Waals surface area contributed by atoms with E-state index in [9.17, 15) is 9.59 Å². The van der Waals surface area contributed by atoms with Crippen LogP contribution in [0.3, 0.4) is 0 Å². The van der Waals surface area contributed by atoms with Gasteiger partial charge in [-0.25, -0.2) is 0 Å². The number of hydrogen-bond donors (Lipinski definition) is 1. The van der Waals surface area contributed by atoms with Crippen molar-refractivity contribution >= 4 is 11.8 Å². The Bertz CT molecular complexity index is 1030. The van der Waals surface area contributed by atoms with Crippen LogP contribution in [-0.2, 0) is 23.3 Å². The predicted molar refractivity (Wildman–Crippen MR) is 135 cm³/mol. The quantitative estimate of drug-likeness (QED) is 0.682. The molecule has 1 aliphatic carbocycles. The Morgan fingerprint density at radius 1 is 1.09 bits per heavy atom. The maximum absolute atomic E-state index is 13.9. The average Bonchev–Trinajstić information content (AvgIpc) is 3.18. The minimum absolute atomic E-state index is 0.0722. The summed E-state index contributed by atoms with van der Waals surface area (Å²) in [7, 11) is 0. The first kappa shape index (κ1) is 24.5. The van der Waals surface area contributed by atoms with E-state index in [-0.39, 0.29) is 23.3 Å². The molecule has 34 heavy (non-hydrogen) atoms. The molecule has 2 heterocycles. The number of hydrogen-bond acceptors (Lipinski definition) is 3. The minimum atomic E-state index is -1.02. The normalized spacial score (nSPS) is 22.1. The van der Waals surface area contributed by atoms with Gasteiger partial charge < -0.3 is 10.2 Å². The number of benzene rings is 1. The lowest BCUT2D eigenvalue weighted by atomic mass is 9.91. The zero-order chi connectivity index (χ0) is 24.5. The lowest BCUT2D eigenvalue weighted by Crippen LogP contribution is -2.64. The smallest absolute Gasteiger partial charge is 0.273 e. The SMILES string of the molecule is Cc1ccc(CN2C(=O)c3cc(C(C)(C)C)nn3C[C@@]2(C)C(=O)NC2CCCCCCC2)cc1. The third-order valence-electron chi connectivity index (χ3n) is 7.46. The monoisotopic (exact) mass is 464 g/mol. The molecule has 1 fully saturated rings. The number of fused-ring (bicyclic) bond motifs is 1. The summed E-state index contributed by atoms with van der Waals surface area (Å²) in [5.41, 5.74) is 2.44. The van der Waals surface area contributed by atoms with E-state index in [4.69, 9.17) is 5.10 Å². The van der Waals surface area contributed by atoms with Gasteiger partial charge in [-0.05, 0) is 38.3 Å². The minimum Gasteiger partial charge on any atom is -0.351 e. The fourth-order valence-electron chi connectivity index (χ4n) is 5.07. The molecule has 1 aliphatic heterocycles. The van der Waals surface area contributed by atoms with Crippen LogP contribution >= 0.6 is 0 Å². The van der Waals surface area contributed by atoms with Crippen molar-refractivity contribution in [3.63, 3.8) is 0 Å². The number of carbonyl (C=O) groups is 2. The van der Waals surface area contributed by atoms with Crippen LogP contribution in [0.25, 0.3) is 0 Å². The average molecular weight is 465 g/mol. The van der Waals surface area contributed by atoms with Crippen molar-refractivity contribution < 1.29 is 9.59 Å². The van der Waals surface area contributed by atoms with Gasteiger partial charge in [0.15, 0.2) is 0 Å². The van der Waals surface area contributed by atoms with Crippen LogP contribution in [0.2, 0.25) is 0 Å². The summed E-state index contributed by atoms with van der Waals surface area (Å²) in [6.07, 6.45) is 8.05. The van der Waals surface area contributed by atoms with Crippen LogP contribution in [0.15, 0.2) is 30.3 Å². The van der Waals surface area contributed by atoms with Crippen LogP contribution in [-0.4, -0.2) is 38.1 Å². The molecule has 184 valence electrons. The van der Waals surface area contributed by atoms with E-state index in [1.54, 1.807) is 9.58 Å². The first-order chi connectivity index (χ1) is 16.1. The van der Waals surface area contributed by atoms with Crippen molar-refractivity contribution in [2.75, 3.05) is 0 Å². The highest BCUT2D eigenvalue weighted by atomic mass is 16.2. The van der Waals surface area contributed by atoms with Gasteiger partial charge >= 0.3 is 0 Å². The van der Waals surface area contributed by atoms with Crippen molar-refractivity contribution in [1.29, 1.82) is 0 Å². The van der Waals surface area contributed by atoms with E-state index in [0.29, 0.717) is 18.8 Å². The van der Waals surface area contributed by atoms with Crippen LogP contribution in [0, 0.1) is 6.92 Å². The molecule has 1 atom stereocenters. The second kappa shape index (κ2) is 9.55. The Morgan fingerprint density at radius 3 is 2.32 bits per heavy atom. The molecule has 0 bridgehead atoms.